The zero-order chi connectivity index (χ0) is 11.7. The lowest BCUT2D eigenvalue weighted by Gasteiger charge is -2.07. The molecule has 0 saturated heterocycles. The van der Waals surface area contributed by atoms with Crippen molar-refractivity contribution < 1.29 is 4.74 Å². The maximum atomic E-state index is 12.2. The summed E-state index contributed by atoms with van der Waals surface area (Å²) in [5.41, 5.74) is 0.951. The molecular weight excluding hydrogens is 220 g/mol. The molecule has 2 aromatic rings. The molecule has 16 heavy (non-hydrogen) atoms. The predicted octanol–water partition coefficient (Wildman–Crippen LogP) is 3.14. The van der Waals surface area contributed by atoms with E-state index in [1.54, 1.807) is 18.4 Å². The van der Waals surface area contributed by atoms with E-state index in [1.165, 1.54) is 0 Å². The van der Waals surface area contributed by atoms with Gasteiger partial charge in [0, 0.05) is 15.1 Å². The second-order valence-electron chi connectivity index (χ2n) is 3.67. The topological polar surface area (TPSA) is 26.3 Å². The van der Waals surface area contributed by atoms with Crippen LogP contribution in [0.3, 0.4) is 0 Å². The predicted molar refractivity (Wildman–Crippen MR) is 68.8 cm³/mol. The summed E-state index contributed by atoms with van der Waals surface area (Å²) in [5, 5.41) is 0.713. The Morgan fingerprint density at radius 2 is 2.12 bits per heavy atom. The first-order valence-corrected chi connectivity index (χ1v) is 6.10. The maximum absolute atomic E-state index is 12.2. The van der Waals surface area contributed by atoms with Crippen molar-refractivity contribution in [2.75, 3.05) is 7.11 Å². The molecule has 0 aliphatic heterocycles. The van der Waals surface area contributed by atoms with Crippen LogP contribution in [0.15, 0.2) is 23.0 Å². The molecule has 3 heteroatoms. The largest absolute Gasteiger partial charge is 0.496 e. The van der Waals surface area contributed by atoms with E-state index in [4.69, 9.17) is 4.74 Å². The molecule has 0 unspecified atom stereocenters. The summed E-state index contributed by atoms with van der Waals surface area (Å²) >= 11 is 1.68. The average molecular weight is 234 g/mol. The van der Waals surface area contributed by atoms with Crippen LogP contribution in [0.1, 0.15) is 17.4 Å². The number of methoxy groups -OCH3 is 1. The third-order valence-electron chi connectivity index (χ3n) is 2.75. The second-order valence-corrected chi connectivity index (χ2v) is 4.80. The van der Waals surface area contributed by atoms with Crippen molar-refractivity contribution in [3.63, 3.8) is 0 Å². The highest BCUT2D eigenvalue weighted by Crippen LogP contribution is 2.28. The minimum atomic E-state index is 0.100. The lowest BCUT2D eigenvalue weighted by Crippen LogP contribution is -2.08. The first kappa shape index (κ1) is 11.1. The van der Waals surface area contributed by atoms with Gasteiger partial charge in [0.25, 0.3) is 0 Å². The van der Waals surface area contributed by atoms with Crippen LogP contribution >= 0.6 is 11.3 Å². The second kappa shape index (κ2) is 4.26. The zero-order valence-electron chi connectivity index (χ0n) is 9.66. The summed E-state index contributed by atoms with van der Waals surface area (Å²) in [5.74, 6) is 0.671. The van der Waals surface area contributed by atoms with Gasteiger partial charge in [-0.2, -0.15) is 0 Å². The molecule has 0 bridgehead atoms. The molecule has 2 nitrogen and oxygen atoms in total. The summed E-state index contributed by atoms with van der Waals surface area (Å²) in [4.78, 5) is 13.4. The Hall–Kier alpha value is -1.35. The van der Waals surface area contributed by atoms with E-state index in [9.17, 15) is 4.79 Å². The number of benzene rings is 1. The van der Waals surface area contributed by atoms with E-state index in [-0.39, 0.29) is 5.43 Å². The summed E-state index contributed by atoms with van der Waals surface area (Å²) in [7, 11) is 1.60. The van der Waals surface area contributed by atoms with Crippen LogP contribution in [0.25, 0.3) is 10.1 Å². The van der Waals surface area contributed by atoms with Crippen LogP contribution in [0.2, 0.25) is 0 Å². The SMILES string of the molecule is CCc1sc2cccc(OC)c2c(=O)c1C. The van der Waals surface area contributed by atoms with E-state index < -0.39 is 0 Å². The molecule has 1 heterocycles. The van der Waals surface area contributed by atoms with Gasteiger partial charge in [-0.3, -0.25) is 4.79 Å². The third-order valence-corrected chi connectivity index (χ3v) is 4.15. The highest BCUT2D eigenvalue weighted by molar-refractivity contribution is 7.18. The first-order valence-electron chi connectivity index (χ1n) is 5.28. The molecule has 2 rings (SSSR count). The third kappa shape index (κ3) is 1.61. The molecule has 84 valence electrons. The molecule has 0 aliphatic carbocycles. The Labute approximate surface area is 98.5 Å². The molecule has 0 aliphatic rings. The van der Waals surface area contributed by atoms with Gasteiger partial charge in [0.2, 0.25) is 0 Å². The van der Waals surface area contributed by atoms with E-state index >= 15 is 0 Å². The summed E-state index contributed by atoms with van der Waals surface area (Å²) < 4.78 is 6.25. The van der Waals surface area contributed by atoms with E-state index in [2.05, 4.69) is 6.92 Å². The molecule has 1 aromatic carbocycles. The van der Waals surface area contributed by atoms with E-state index in [1.807, 2.05) is 25.1 Å². The van der Waals surface area contributed by atoms with Crippen molar-refractivity contribution in [1.82, 2.24) is 0 Å². The van der Waals surface area contributed by atoms with Crippen molar-refractivity contribution in [2.24, 2.45) is 0 Å². The quantitative estimate of drug-likeness (QED) is 0.798. The minimum absolute atomic E-state index is 0.100. The van der Waals surface area contributed by atoms with Crippen LogP contribution in [0.4, 0.5) is 0 Å². The van der Waals surface area contributed by atoms with Crippen molar-refractivity contribution in [3.05, 3.63) is 38.9 Å². The highest BCUT2D eigenvalue weighted by atomic mass is 32.1. The highest BCUT2D eigenvalue weighted by Gasteiger charge is 2.11. The van der Waals surface area contributed by atoms with Gasteiger partial charge in [-0.1, -0.05) is 13.0 Å². The molecule has 1 aromatic heterocycles. The van der Waals surface area contributed by atoms with Crippen molar-refractivity contribution in [3.8, 4) is 5.75 Å². The number of rotatable bonds is 2. The Morgan fingerprint density at radius 3 is 2.75 bits per heavy atom. The Kier molecular flexibility index (Phi) is 2.97. The van der Waals surface area contributed by atoms with Crippen molar-refractivity contribution in [2.45, 2.75) is 20.3 Å². The standard InChI is InChI=1S/C13H14O2S/c1-4-10-8(2)13(14)12-9(15-3)6-5-7-11(12)16-10/h5-7H,4H2,1-3H3. The molecule has 0 atom stereocenters. The smallest absolute Gasteiger partial charge is 0.194 e. The Bertz CT molecular complexity index is 584. The Balaban J connectivity index is 2.93. The number of hydrogen-bond donors (Lipinski definition) is 0. The monoisotopic (exact) mass is 234 g/mol. The van der Waals surface area contributed by atoms with Crippen molar-refractivity contribution >= 4 is 21.4 Å². The van der Waals surface area contributed by atoms with Gasteiger partial charge in [-0.15, -0.1) is 11.3 Å². The molecule has 0 spiro atoms. The maximum Gasteiger partial charge on any atom is 0.194 e. The summed E-state index contributed by atoms with van der Waals surface area (Å²) in [6, 6.07) is 5.73. The average Bonchev–Trinajstić information content (AvgIpc) is 2.32. The molecule has 0 radical (unpaired) electrons. The van der Waals surface area contributed by atoms with Crippen molar-refractivity contribution in [1.29, 1.82) is 0 Å². The summed E-state index contributed by atoms with van der Waals surface area (Å²) in [6.45, 7) is 3.97. The summed E-state index contributed by atoms with van der Waals surface area (Å²) in [6.07, 6.45) is 0.902. The van der Waals surface area contributed by atoms with Crippen LogP contribution in [-0.4, -0.2) is 7.11 Å². The van der Waals surface area contributed by atoms with Gasteiger partial charge in [0.05, 0.1) is 12.5 Å². The normalized spacial score (nSPS) is 10.7. The molecular formula is C13H14O2S. The lowest BCUT2D eigenvalue weighted by atomic mass is 10.1. The van der Waals surface area contributed by atoms with Crippen LogP contribution < -0.4 is 10.2 Å². The Morgan fingerprint density at radius 1 is 1.38 bits per heavy atom. The minimum Gasteiger partial charge on any atom is -0.496 e. The van der Waals surface area contributed by atoms with Gasteiger partial charge in [0.15, 0.2) is 5.43 Å². The zero-order valence-corrected chi connectivity index (χ0v) is 10.5. The fraction of sp³-hybridized carbons (Fsp3) is 0.308. The van der Waals surface area contributed by atoms with E-state index in [0.29, 0.717) is 11.1 Å². The fourth-order valence-corrected chi connectivity index (χ4v) is 2.95. The van der Waals surface area contributed by atoms with Crippen LogP contribution in [-0.2, 0) is 6.42 Å². The van der Waals surface area contributed by atoms with Gasteiger partial charge >= 0.3 is 0 Å². The molecule has 0 saturated carbocycles. The fourth-order valence-electron chi connectivity index (χ4n) is 1.85. The number of ether oxygens (including phenoxy) is 1. The first-order chi connectivity index (χ1) is 7.69. The van der Waals surface area contributed by atoms with Gasteiger partial charge in [0.1, 0.15) is 5.75 Å². The number of aryl methyl sites for hydroxylation is 1. The molecule has 0 fully saturated rings. The van der Waals surface area contributed by atoms with Gasteiger partial charge in [-0.05, 0) is 25.5 Å². The van der Waals surface area contributed by atoms with E-state index in [0.717, 1.165) is 21.6 Å². The lowest BCUT2D eigenvalue weighted by molar-refractivity contribution is 0.419. The number of fused-ring (bicyclic) bond motifs is 1. The molecule has 0 amide bonds. The van der Waals surface area contributed by atoms with Gasteiger partial charge < -0.3 is 4.74 Å². The van der Waals surface area contributed by atoms with Crippen LogP contribution in [0.5, 0.6) is 5.75 Å². The van der Waals surface area contributed by atoms with Crippen LogP contribution in [0, 0.1) is 6.92 Å². The number of hydrogen-bond acceptors (Lipinski definition) is 3. The molecule has 0 N–H and O–H groups in total. The van der Waals surface area contributed by atoms with Gasteiger partial charge in [-0.25, -0.2) is 0 Å².